The maximum absolute atomic E-state index is 12.8. The third kappa shape index (κ3) is 7.85. The lowest BCUT2D eigenvalue weighted by Crippen LogP contribution is -2.29. The van der Waals surface area contributed by atoms with Crippen molar-refractivity contribution in [2.24, 2.45) is 0 Å². The van der Waals surface area contributed by atoms with Crippen LogP contribution in [0.2, 0.25) is 0 Å². The molecule has 0 saturated carbocycles. The van der Waals surface area contributed by atoms with E-state index < -0.39 is 0 Å². The Labute approximate surface area is 194 Å². The van der Waals surface area contributed by atoms with Gasteiger partial charge in [0, 0.05) is 13.0 Å². The van der Waals surface area contributed by atoms with Gasteiger partial charge in [-0.3, -0.25) is 14.5 Å². The van der Waals surface area contributed by atoms with Crippen molar-refractivity contribution in [1.29, 1.82) is 0 Å². The van der Waals surface area contributed by atoms with E-state index in [9.17, 15) is 9.59 Å². The third-order valence-electron chi connectivity index (χ3n) is 4.85. The van der Waals surface area contributed by atoms with Crippen molar-refractivity contribution in [3.05, 3.63) is 28.7 Å². The number of nitrogens with zero attached hydrogens (tertiary/aromatic N) is 1. The molecule has 0 N–H and O–H groups in total. The summed E-state index contributed by atoms with van der Waals surface area (Å²) < 4.78 is 16.3. The third-order valence-corrected chi connectivity index (χ3v) is 6.23. The van der Waals surface area contributed by atoms with Gasteiger partial charge in [0.15, 0.2) is 11.5 Å². The molecule has 0 atom stereocenters. The fourth-order valence-electron chi connectivity index (χ4n) is 3.11. The molecule has 170 valence electrons. The molecule has 1 saturated heterocycles. The van der Waals surface area contributed by atoms with E-state index in [1.165, 1.54) is 11.8 Å². The summed E-state index contributed by atoms with van der Waals surface area (Å²) in [5, 5.41) is 0. The molecule has 6 nitrogen and oxygen atoms in total. The highest BCUT2D eigenvalue weighted by Crippen LogP contribution is 2.34. The highest BCUT2D eigenvalue weighted by atomic mass is 32.2. The van der Waals surface area contributed by atoms with Crippen molar-refractivity contribution in [3.8, 4) is 11.5 Å². The maximum Gasteiger partial charge on any atom is 0.305 e. The van der Waals surface area contributed by atoms with E-state index in [0.717, 1.165) is 44.1 Å². The first-order valence-corrected chi connectivity index (χ1v) is 11.9. The van der Waals surface area contributed by atoms with Crippen molar-refractivity contribution in [1.82, 2.24) is 4.90 Å². The van der Waals surface area contributed by atoms with Crippen LogP contribution < -0.4 is 9.47 Å². The molecule has 1 fully saturated rings. The number of methoxy groups -OCH3 is 2. The summed E-state index contributed by atoms with van der Waals surface area (Å²) in [5.41, 5.74) is 0.843. The Bertz CT molecular complexity index is 809. The topological polar surface area (TPSA) is 65.1 Å². The molecule has 1 aliphatic rings. The number of rotatable bonds is 13. The van der Waals surface area contributed by atoms with Gasteiger partial charge in [-0.25, -0.2) is 0 Å². The van der Waals surface area contributed by atoms with Crippen molar-refractivity contribution in [2.75, 3.05) is 27.4 Å². The van der Waals surface area contributed by atoms with E-state index in [-0.39, 0.29) is 11.9 Å². The Kier molecular flexibility index (Phi) is 10.9. The summed E-state index contributed by atoms with van der Waals surface area (Å²) in [4.78, 5) is 26.7. The first-order chi connectivity index (χ1) is 15.0. The Morgan fingerprint density at radius 2 is 1.87 bits per heavy atom. The van der Waals surface area contributed by atoms with Gasteiger partial charge in [0.2, 0.25) is 0 Å². The van der Waals surface area contributed by atoms with Gasteiger partial charge in [-0.2, -0.15) is 0 Å². The van der Waals surface area contributed by atoms with Crippen LogP contribution in [-0.2, 0) is 14.3 Å². The SMILES string of the molecule is CCCCCOC(=O)CCCCCN1C(=O)/C(=C/c2ccc(OC)c(OC)c2)SC1=S. The van der Waals surface area contributed by atoms with Crippen LogP contribution in [0, 0.1) is 0 Å². The zero-order valence-electron chi connectivity index (χ0n) is 18.5. The number of hydrogen-bond donors (Lipinski definition) is 0. The minimum Gasteiger partial charge on any atom is -0.493 e. The van der Waals surface area contributed by atoms with Crippen LogP contribution in [0.1, 0.15) is 57.4 Å². The van der Waals surface area contributed by atoms with Crippen molar-refractivity contribution >= 4 is 46.3 Å². The molecular formula is C23H31NO5S2. The second kappa shape index (κ2) is 13.4. The van der Waals surface area contributed by atoms with E-state index >= 15 is 0 Å². The number of hydrogen-bond acceptors (Lipinski definition) is 7. The van der Waals surface area contributed by atoms with Gasteiger partial charge >= 0.3 is 5.97 Å². The van der Waals surface area contributed by atoms with Crippen molar-refractivity contribution in [3.63, 3.8) is 0 Å². The molecule has 1 aromatic carbocycles. The number of esters is 1. The van der Waals surface area contributed by atoms with Crippen molar-refractivity contribution < 1.29 is 23.8 Å². The lowest BCUT2D eigenvalue weighted by Gasteiger charge is -2.14. The predicted octanol–water partition coefficient (Wildman–Crippen LogP) is 5.20. The maximum atomic E-state index is 12.8. The van der Waals surface area contributed by atoms with Gasteiger partial charge in [-0.1, -0.05) is 56.2 Å². The minimum absolute atomic E-state index is 0.0832. The average molecular weight is 466 g/mol. The number of carbonyl (C=O) groups excluding carboxylic acids is 2. The number of amides is 1. The molecule has 0 aliphatic carbocycles. The van der Waals surface area contributed by atoms with Crippen LogP contribution in [-0.4, -0.2) is 48.5 Å². The zero-order valence-corrected chi connectivity index (χ0v) is 20.1. The van der Waals surface area contributed by atoms with Crippen LogP contribution in [0.15, 0.2) is 23.1 Å². The summed E-state index contributed by atoms with van der Waals surface area (Å²) in [6.07, 6.45) is 7.74. The number of thiocarbonyl (C=S) groups is 1. The fourth-order valence-corrected chi connectivity index (χ4v) is 4.42. The predicted molar refractivity (Wildman–Crippen MR) is 128 cm³/mol. The van der Waals surface area contributed by atoms with Crippen LogP contribution in [0.3, 0.4) is 0 Å². The smallest absolute Gasteiger partial charge is 0.305 e. The minimum atomic E-state index is -0.139. The summed E-state index contributed by atoms with van der Waals surface area (Å²) in [6.45, 7) is 3.18. The monoisotopic (exact) mass is 465 g/mol. The molecule has 1 aromatic rings. The van der Waals surface area contributed by atoms with Gasteiger partial charge in [0.1, 0.15) is 4.32 Å². The van der Waals surface area contributed by atoms with Crippen molar-refractivity contribution in [2.45, 2.75) is 51.9 Å². The molecule has 0 bridgehead atoms. The van der Waals surface area contributed by atoms with Crippen LogP contribution in [0.5, 0.6) is 11.5 Å². The summed E-state index contributed by atoms with van der Waals surface area (Å²) in [5.74, 6) is 1.02. The largest absolute Gasteiger partial charge is 0.493 e. The van der Waals surface area contributed by atoms with E-state index in [1.807, 2.05) is 18.2 Å². The molecule has 8 heteroatoms. The van der Waals surface area contributed by atoms with Gasteiger partial charge in [0.25, 0.3) is 5.91 Å². The van der Waals surface area contributed by atoms with E-state index in [2.05, 4.69) is 6.92 Å². The van der Waals surface area contributed by atoms with Crippen LogP contribution in [0.25, 0.3) is 6.08 Å². The fraction of sp³-hybridized carbons (Fsp3) is 0.522. The Balaban J connectivity index is 1.79. The van der Waals surface area contributed by atoms with E-state index in [4.69, 9.17) is 26.4 Å². The Morgan fingerprint density at radius 1 is 1.10 bits per heavy atom. The normalized spacial score (nSPS) is 14.9. The van der Waals surface area contributed by atoms with Gasteiger partial charge in [-0.05, 0) is 43.0 Å². The van der Waals surface area contributed by atoms with Crippen LogP contribution >= 0.6 is 24.0 Å². The summed E-state index contributed by atoms with van der Waals surface area (Å²) >= 11 is 6.70. The van der Waals surface area contributed by atoms with Gasteiger partial charge in [0.05, 0.1) is 25.7 Å². The molecular weight excluding hydrogens is 434 g/mol. The highest BCUT2D eigenvalue weighted by molar-refractivity contribution is 8.26. The molecule has 1 aliphatic heterocycles. The average Bonchev–Trinajstić information content (AvgIpc) is 3.03. The summed E-state index contributed by atoms with van der Waals surface area (Å²) in [7, 11) is 3.16. The second-order valence-electron chi connectivity index (χ2n) is 7.19. The number of carbonyl (C=O) groups is 2. The quantitative estimate of drug-likeness (QED) is 0.172. The molecule has 0 radical (unpaired) electrons. The molecule has 2 rings (SSSR count). The Morgan fingerprint density at radius 3 is 2.58 bits per heavy atom. The number of ether oxygens (including phenoxy) is 3. The standard InChI is InChI=1S/C23H31NO5S2/c1-4-5-9-14-29-21(25)10-7-6-8-13-24-22(26)20(31-23(24)30)16-17-11-12-18(27-2)19(15-17)28-3/h11-12,15-16H,4-10,13-14H2,1-3H3/b20-16-. The molecule has 31 heavy (non-hydrogen) atoms. The van der Waals surface area contributed by atoms with Gasteiger partial charge in [-0.15, -0.1) is 0 Å². The summed E-state index contributed by atoms with van der Waals surface area (Å²) in [6, 6.07) is 5.50. The highest BCUT2D eigenvalue weighted by Gasteiger charge is 2.31. The first kappa shape index (κ1) is 25.2. The van der Waals surface area contributed by atoms with Gasteiger partial charge < -0.3 is 14.2 Å². The van der Waals surface area contributed by atoms with Crippen LogP contribution in [0.4, 0.5) is 0 Å². The number of unbranched alkanes of at least 4 members (excludes halogenated alkanes) is 4. The lowest BCUT2D eigenvalue weighted by atomic mass is 10.1. The molecule has 1 amide bonds. The van der Waals surface area contributed by atoms with E-state index in [1.54, 1.807) is 25.2 Å². The molecule has 0 unspecified atom stereocenters. The number of thioether (sulfide) groups is 1. The molecule has 0 aromatic heterocycles. The number of benzene rings is 1. The second-order valence-corrected chi connectivity index (χ2v) is 8.86. The first-order valence-electron chi connectivity index (χ1n) is 10.6. The Hall–Kier alpha value is -2.06. The molecule has 0 spiro atoms. The zero-order chi connectivity index (χ0) is 22.6. The van der Waals surface area contributed by atoms with E-state index in [0.29, 0.717) is 40.3 Å². The lowest BCUT2D eigenvalue weighted by molar-refractivity contribution is -0.144. The molecule has 1 heterocycles.